The molecule has 0 radical (unpaired) electrons. The fourth-order valence-corrected chi connectivity index (χ4v) is 7.70. The lowest BCUT2D eigenvalue weighted by Crippen LogP contribution is -2.40. The number of anilines is 1. The third-order valence-corrected chi connectivity index (χ3v) is 9.80. The van der Waals surface area contributed by atoms with Crippen molar-refractivity contribution in [2.75, 3.05) is 12.0 Å². The predicted octanol–water partition coefficient (Wildman–Crippen LogP) is 7.20. The number of carbonyl (C=O) groups excluding carboxylic acids is 2. The smallest absolute Gasteiger partial charge is 0.243 e. The second-order valence-corrected chi connectivity index (χ2v) is 12.2. The molecule has 1 saturated heterocycles. The van der Waals surface area contributed by atoms with Crippen LogP contribution in [0.1, 0.15) is 61.8 Å². The fraction of sp³-hybridized carbons (Fsp3) is 0.371. The first-order valence-corrected chi connectivity index (χ1v) is 14.8. The van der Waals surface area contributed by atoms with Crippen LogP contribution in [-0.4, -0.2) is 23.9 Å². The molecule has 2 fully saturated rings. The highest BCUT2D eigenvalue weighted by molar-refractivity contribution is 6.24. The molecule has 6 heteroatoms. The summed E-state index contributed by atoms with van der Waals surface area (Å²) in [6, 6.07) is 23.6. The first kappa shape index (κ1) is 25.9. The zero-order valence-electron chi connectivity index (χ0n) is 23.8. The molecule has 2 heterocycles. The summed E-state index contributed by atoms with van der Waals surface area (Å²) < 4.78 is 11.5. The van der Waals surface area contributed by atoms with Gasteiger partial charge < -0.3 is 14.5 Å². The molecule has 0 spiro atoms. The van der Waals surface area contributed by atoms with E-state index in [0.29, 0.717) is 29.9 Å². The lowest BCUT2D eigenvalue weighted by atomic mass is 9.58. The highest BCUT2D eigenvalue weighted by atomic mass is 16.5. The minimum absolute atomic E-state index is 0.0687. The van der Waals surface area contributed by atoms with Gasteiger partial charge in [0.15, 0.2) is 0 Å². The Hall–Kier alpha value is -4.06. The van der Waals surface area contributed by atoms with Crippen LogP contribution in [0.2, 0.25) is 0 Å². The number of nitrogens with zero attached hydrogens (tertiary/aromatic N) is 1. The van der Waals surface area contributed by atoms with Crippen molar-refractivity contribution in [2.45, 2.75) is 51.6 Å². The largest absolute Gasteiger partial charge is 0.497 e. The number of carbonyl (C=O) groups is 2. The second kappa shape index (κ2) is 10.1. The van der Waals surface area contributed by atoms with Crippen molar-refractivity contribution < 1.29 is 19.1 Å². The van der Waals surface area contributed by atoms with Gasteiger partial charge in [0, 0.05) is 16.6 Å². The van der Waals surface area contributed by atoms with E-state index in [1.54, 1.807) is 19.2 Å². The monoisotopic (exact) mass is 548 g/mol. The van der Waals surface area contributed by atoms with Crippen molar-refractivity contribution in [1.29, 1.82) is 0 Å². The maximum Gasteiger partial charge on any atom is 0.243 e. The van der Waals surface area contributed by atoms with Crippen LogP contribution in [0.25, 0.3) is 10.9 Å². The number of ether oxygens (including phenoxy) is 2. The Kier molecular flexibility index (Phi) is 6.37. The topological polar surface area (TPSA) is 71.6 Å². The molecule has 1 saturated carbocycles. The number of rotatable bonds is 6. The third kappa shape index (κ3) is 4.23. The maximum atomic E-state index is 14.2. The normalized spacial score (nSPS) is 25.3. The van der Waals surface area contributed by atoms with Crippen molar-refractivity contribution in [2.24, 2.45) is 23.7 Å². The van der Waals surface area contributed by atoms with Crippen molar-refractivity contribution in [3.05, 3.63) is 89.6 Å². The molecule has 1 aliphatic heterocycles. The summed E-state index contributed by atoms with van der Waals surface area (Å²) >= 11 is 0. The number of H-pyrrole nitrogens is 1. The van der Waals surface area contributed by atoms with Crippen LogP contribution in [0, 0.1) is 23.7 Å². The second-order valence-electron chi connectivity index (χ2n) is 12.2. The van der Waals surface area contributed by atoms with E-state index < -0.39 is 5.92 Å². The average Bonchev–Trinajstić information content (AvgIpc) is 3.50. The van der Waals surface area contributed by atoms with E-state index >= 15 is 0 Å². The van der Waals surface area contributed by atoms with Gasteiger partial charge in [0.2, 0.25) is 11.8 Å². The summed E-state index contributed by atoms with van der Waals surface area (Å²) in [6.45, 7) is 5.06. The lowest BCUT2D eigenvalue weighted by molar-refractivity contribution is -0.123. The number of methoxy groups -OCH3 is 1. The van der Waals surface area contributed by atoms with Gasteiger partial charge in [0.25, 0.3) is 0 Å². The van der Waals surface area contributed by atoms with E-state index in [1.165, 1.54) is 10.5 Å². The van der Waals surface area contributed by atoms with Gasteiger partial charge in [0.1, 0.15) is 18.1 Å². The number of aromatic amines is 1. The van der Waals surface area contributed by atoms with E-state index in [0.717, 1.165) is 47.2 Å². The van der Waals surface area contributed by atoms with Crippen LogP contribution in [0.5, 0.6) is 11.5 Å². The first-order chi connectivity index (χ1) is 19.9. The van der Waals surface area contributed by atoms with E-state index in [1.807, 2.05) is 36.4 Å². The standard InChI is InChI=1S/C35H36N2O4/c1-20(2)22-9-15-26-27(17-22)31-32(35(39)37(34(31)38)23-10-12-24(40-3)13-11-23)33-30(26)28-18-25(14-16-29(28)36-33)41-19-21-7-5-4-6-8-21/h4-8,10-14,16,18,20,22,26-27,31-32,36H,9,15,17,19H2,1-3H3/t22-,26-,27-,31-,32+/m1/s1. The molecule has 41 heavy (non-hydrogen) atoms. The third-order valence-electron chi connectivity index (χ3n) is 9.80. The summed E-state index contributed by atoms with van der Waals surface area (Å²) in [6.07, 6.45) is 3.13. The molecule has 5 atom stereocenters. The van der Waals surface area contributed by atoms with Gasteiger partial charge in [-0.2, -0.15) is 0 Å². The molecule has 1 N–H and O–H groups in total. The number of imide groups is 1. The molecule has 6 nitrogen and oxygen atoms in total. The molecule has 210 valence electrons. The Bertz CT molecular complexity index is 1610. The van der Waals surface area contributed by atoms with Crippen LogP contribution in [0.4, 0.5) is 5.69 Å². The first-order valence-electron chi connectivity index (χ1n) is 14.8. The van der Waals surface area contributed by atoms with Crippen LogP contribution in [-0.2, 0) is 16.2 Å². The summed E-state index contributed by atoms with van der Waals surface area (Å²) in [7, 11) is 1.61. The molecular formula is C35H36N2O4. The maximum absolute atomic E-state index is 14.2. The molecule has 2 aliphatic carbocycles. The minimum Gasteiger partial charge on any atom is -0.497 e. The Balaban J connectivity index is 1.31. The van der Waals surface area contributed by atoms with Gasteiger partial charge in [-0.15, -0.1) is 0 Å². The Morgan fingerprint density at radius 3 is 2.41 bits per heavy atom. The average molecular weight is 549 g/mol. The Labute approximate surface area is 240 Å². The number of aromatic nitrogens is 1. The number of nitrogens with one attached hydrogen (secondary N) is 1. The summed E-state index contributed by atoms with van der Waals surface area (Å²) in [4.78, 5) is 33.4. The molecule has 1 aromatic heterocycles. The molecule has 3 aliphatic rings. The van der Waals surface area contributed by atoms with Crippen molar-refractivity contribution in [3.63, 3.8) is 0 Å². The van der Waals surface area contributed by atoms with Gasteiger partial charge in [-0.1, -0.05) is 44.2 Å². The van der Waals surface area contributed by atoms with Crippen LogP contribution >= 0.6 is 0 Å². The molecule has 0 unspecified atom stereocenters. The highest BCUT2D eigenvalue weighted by Gasteiger charge is 2.59. The molecule has 4 aromatic rings. The zero-order chi connectivity index (χ0) is 28.2. The lowest BCUT2D eigenvalue weighted by Gasteiger charge is -2.44. The summed E-state index contributed by atoms with van der Waals surface area (Å²) in [5, 5.41) is 1.12. The molecule has 2 amide bonds. The Morgan fingerprint density at radius 2 is 1.68 bits per heavy atom. The van der Waals surface area contributed by atoms with E-state index in [-0.39, 0.29) is 29.6 Å². The SMILES string of the molecule is COc1ccc(N2C(=O)[C@@H]3[C@@H]4C[C@H](C(C)C)CC[C@H]4c4c([nH]c5ccc(OCc6ccccc6)cc45)[C@H]3C2=O)cc1. The molecular weight excluding hydrogens is 512 g/mol. The van der Waals surface area contributed by atoms with E-state index in [9.17, 15) is 9.59 Å². The van der Waals surface area contributed by atoms with E-state index in [2.05, 4.69) is 43.1 Å². The van der Waals surface area contributed by atoms with E-state index in [4.69, 9.17) is 9.47 Å². The van der Waals surface area contributed by atoms with Crippen molar-refractivity contribution >= 4 is 28.4 Å². The minimum atomic E-state index is -0.507. The summed E-state index contributed by atoms with van der Waals surface area (Å²) in [5.41, 5.74) is 4.86. The van der Waals surface area contributed by atoms with Crippen molar-refractivity contribution in [1.82, 2.24) is 4.98 Å². The predicted molar refractivity (Wildman–Crippen MR) is 159 cm³/mol. The quantitative estimate of drug-likeness (QED) is 0.259. The van der Waals surface area contributed by atoms with Crippen LogP contribution < -0.4 is 14.4 Å². The highest BCUT2D eigenvalue weighted by Crippen LogP contribution is 2.59. The molecule has 3 aromatic carbocycles. The number of hydrogen-bond acceptors (Lipinski definition) is 4. The van der Waals surface area contributed by atoms with Gasteiger partial charge in [-0.25, -0.2) is 4.90 Å². The number of amides is 2. The fourth-order valence-electron chi connectivity index (χ4n) is 7.70. The summed E-state index contributed by atoms with van der Waals surface area (Å²) in [5.74, 6) is 1.89. The molecule has 0 bridgehead atoms. The Morgan fingerprint density at radius 1 is 0.927 bits per heavy atom. The van der Waals surface area contributed by atoms with Crippen LogP contribution in [0.15, 0.2) is 72.8 Å². The van der Waals surface area contributed by atoms with Crippen LogP contribution in [0.3, 0.4) is 0 Å². The number of hydrogen-bond donors (Lipinski definition) is 1. The number of fused-ring (bicyclic) bond motifs is 8. The van der Waals surface area contributed by atoms with Crippen molar-refractivity contribution in [3.8, 4) is 11.5 Å². The van der Waals surface area contributed by atoms with Gasteiger partial charge in [-0.3, -0.25) is 9.59 Å². The van der Waals surface area contributed by atoms with Gasteiger partial charge in [-0.05, 0) is 96.5 Å². The number of benzene rings is 3. The van der Waals surface area contributed by atoms with Gasteiger partial charge in [0.05, 0.1) is 24.6 Å². The van der Waals surface area contributed by atoms with Gasteiger partial charge >= 0.3 is 0 Å². The molecule has 7 rings (SSSR count). The zero-order valence-corrected chi connectivity index (χ0v) is 23.8.